The van der Waals surface area contributed by atoms with E-state index in [1.807, 2.05) is 26.0 Å². The van der Waals surface area contributed by atoms with Crippen molar-refractivity contribution in [3.05, 3.63) is 63.6 Å². The van der Waals surface area contributed by atoms with Crippen LogP contribution in [0, 0.1) is 20.8 Å². The highest BCUT2D eigenvalue weighted by molar-refractivity contribution is 7.09. The number of nitrogen functional groups attached to an aromatic ring is 1. The van der Waals surface area contributed by atoms with Gasteiger partial charge in [-0.05, 0) is 68.9 Å². The molecule has 3 amide bonds. The van der Waals surface area contributed by atoms with Crippen molar-refractivity contribution in [2.45, 2.75) is 45.8 Å². The van der Waals surface area contributed by atoms with Gasteiger partial charge in [-0.15, -0.1) is 0 Å². The van der Waals surface area contributed by atoms with E-state index in [2.05, 4.69) is 9.69 Å². The van der Waals surface area contributed by atoms with Gasteiger partial charge in [-0.25, -0.2) is 0 Å². The number of hydrogen-bond acceptors (Lipinski definition) is 8. The standard InChI is InChI=1S/C25H29N5O5S/c1-13-6-8-17(14(2)11-13)30(25(33)22-19(26)20(23(27)31)29-36-22)21(18-9-7-15(3)35-18)24(32)28-12-16-5-4-10-34-16/h6-9,11,16,21H,4-5,10,12,26H2,1-3H3,(H2,27,31)(H,28,32)/t16-,21+/m0/s1. The molecule has 0 radical (unpaired) electrons. The van der Waals surface area contributed by atoms with Crippen LogP contribution in [0.5, 0.6) is 0 Å². The number of amides is 3. The monoisotopic (exact) mass is 511 g/mol. The summed E-state index contributed by atoms with van der Waals surface area (Å²) in [7, 11) is 0. The fourth-order valence-electron chi connectivity index (χ4n) is 4.27. The van der Waals surface area contributed by atoms with Crippen molar-refractivity contribution in [1.29, 1.82) is 0 Å². The first kappa shape index (κ1) is 25.4. The first-order valence-corrected chi connectivity index (χ1v) is 12.4. The number of hydrogen-bond donors (Lipinski definition) is 3. The fourth-order valence-corrected chi connectivity index (χ4v) is 5.01. The molecule has 0 saturated carbocycles. The van der Waals surface area contributed by atoms with Crippen LogP contribution in [0.15, 0.2) is 34.7 Å². The SMILES string of the molecule is Cc1ccc(N(C(=O)c2snc(C(N)=O)c2N)[C@@H](C(=O)NC[C@@H]2CCCO2)c2ccc(C)o2)c(C)c1. The summed E-state index contributed by atoms with van der Waals surface area (Å²) in [6.45, 7) is 6.50. The number of nitrogens with zero attached hydrogens (tertiary/aromatic N) is 2. The van der Waals surface area contributed by atoms with Crippen LogP contribution in [0.25, 0.3) is 0 Å². The summed E-state index contributed by atoms with van der Waals surface area (Å²) in [6, 6.07) is 7.77. The fraction of sp³-hybridized carbons (Fsp3) is 0.360. The zero-order valence-corrected chi connectivity index (χ0v) is 21.2. The van der Waals surface area contributed by atoms with E-state index in [1.54, 1.807) is 25.1 Å². The van der Waals surface area contributed by atoms with Crippen LogP contribution in [-0.2, 0) is 9.53 Å². The number of carbonyl (C=O) groups is 3. The van der Waals surface area contributed by atoms with E-state index < -0.39 is 23.8 Å². The van der Waals surface area contributed by atoms with Gasteiger partial charge in [0.1, 0.15) is 16.4 Å². The van der Waals surface area contributed by atoms with Crippen molar-refractivity contribution in [2.24, 2.45) is 5.73 Å². The molecule has 3 heterocycles. The molecule has 11 heteroatoms. The van der Waals surface area contributed by atoms with Crippen molar-refractivity contribution in [2.75, 3.05) is 23.8 Å². The molecule has 2 atom stereocenters. The molecule has 0 unspecified atom stereocenters. The molecule has 36 heavy (non-hydrogen) atoms. The van der Waals surface area contributed by atoms with Crippen molar-refractivity contribution >= 4 is 40.6 Å². The molecule has 0 bridgehead atoms. The van der Waals surface area contributed by atoms with Crippen LogP contribution in [0.1, 0.15) is 61.7 Å². The second kappa shape index (κ2) is 10.5. The number of aryl methyl sites for hydroxylation is 3. The van der Waals surface area contributed by atoms with Crippen LogP contribution in [0.2, 0.25) is 0 Å². The van der Waals surface area contributed by atoms with E-state index in [4.69, 9.17) is 20.6 Å². The predicted molar refractivity (Wildman–Crippen MR) is 136 cm³/mol. The number of nitrogens with one attached hydrogen (secondary N) is 1. The van der Waals surface area contributed by atoms with Crippen LogP contribution in [0.4, 0.5) is 11.4 Å². The maximum Gasteiger partial charge on any atom is 0.273 e. The number of anilines is 2. The Bertz CT molecular complexity index is 1290. The minimum atomic E-state index is -1.16. The predicted octanol–water partition coefficient (Wildman–Crippen LogP) is 3.03. The summed E-state index contributed by atoms with van der Waals surface area (Å²) in [5, 5.41) is 2.92. The molecule has 1 aliphatic heterocycles. The third kappa shape index (κ3) is 5.12. The van der Waals surface area contributed by atoms with Gasteiger partial charge in [0.25, 0.3) is 17.7 Å². The Morgan fingerprint density at radius 3 is 2.58 bits per heavy atom. The summed E-state index contributed by atoms with van der Waals surface area (Å²) >= 11 is 0.759. The maximum absolute atomic E-state index is 14.0. The Morgan fingerprint density at radius 1 is 1.22 bits per heavy atom. The largest absolute Gasteiger partial charge is 0.464 e. The lowest BCUT2D eigenvalue weighted by Crippen LogP contribution is -2.45. The number of rotatable bonds is 8. The first-order chi connectivity index (χ1) is 17.2. The number of aromatic nitrogens is 1. The summed E-state index contributed by atoms with van der Waals surface area (Å²) in [4.78, 5) is 40.8. The summed E-state index contributed by atoms with van der Waals surface area (Å²) in [6.07, 6.45) is 1.69. The van der Waals surface area contributed by atoms with Gasteiger partial charge in [0, 0.05) is 18.8 Å². The number of ether oxygens (including phenoxy) is 1. The minimum Gasteiger partial charge on any atom is -0.464 e. The third-order valence-electron chi connectivity index (χ3n) is 6.05. The number of carbonyl (C=O) groups excluding carboxylic acids is 3. The lowest BCUT2D eigenvalue weighted by molar-refractivity contribution is -0.123. The lowest BCUT2D eigenvalue weighted by atomic mass is 10.0. The molecule has 4 rings (SSSR count). The number of benzene rings is 1. The molecule has 1 saturated heterocycles. The van der Waals surface area contributed by atoms with E-state index in [0.29, 0.717) is 24.6 Å². The highest BCUT2D eigenvalue weighted by atomic mass is 32.1. The summed E-state index contributed by atoms with van der Waals surface area (Å²) in [5.74, 6) is -1.01. The Labute approximate surface area is 212 Å². The molecule has 0 aliphatic carbocycles. The molecule has 5 N–H and O–H groups in total. The Hall–Kier alpha value is -3.70. The van der Waals surface area contributed by atoms with Gasteiger partial charge in [0.15, 0.2) is 11.7 Å². The maximum atomic E-state index is 14.0. The van der Waals surface area contributed by atoms with Crippen molar-refractivity contribution in [3.63, 3.8) is 0 Å². The van der Waals surface area contributed by atoms with E-state index in [-0.39, 0.29) is 28.1 Å². The highest BCUT2D eigenvalue weighted by Crippen LogP contribution is 2.35. The van der Waals surface area contributed by atoms with E-state index >= 15 is 0 Å². The quantitative estimate of drug-likeness (QED) is 0.420. The van der Waals surface area contributed by atoms with Crippen LogP contribution < -0.4 is 21.7 Å². The topological polar surface area (TPSA) is 154 Å². The van der Waals surface area contributed by atoms with Crippen molar-refractivity contribution in [3.8, 4) is 0 Å². The van der Waals surface area contributed by atoms with E-state index in [1.165, 1.54) is 4.90 Å². The molecule has 0 spiro atoms. The molecule has 190 valence electrons. The van der Waals surface area contributed by atoms with E-state index in [9.17, 15) is 14.4 Å². The lowest BCUT2D eigenvalue weighted by Gasteiger charge is -2.31. The van der Waals surface area contributed by atoms with Crippen LogP contribution >= 0.6 is 11.5 Å². The Balaban J connectivity index is 1.82. The van der Waals surface area contributed by atoms with Gasteiger partial charge < -0.3 is 25.9 Å². The molecule has 2 aromatic heterocycles. The van der Waals surface area contributed by atoms with Crippen LogP contribution in [-0.4, -0.2) is 41.4 Å². The average molecular weight is 512 g/mol. The van der Waals surface area contributed by atoms with E-state index in [0.717, 1.165) is 35.5 Å². The minimum absolute atomic E-state index is 0.00368. The van der Waals surface area contributed by atoms with Gasteiger partial charge in [-0.2, -0.15) is 4.37 Å². The molecular formula is C25H29N5O5S. The molecule has 10 nitrogen and oxygen atoms in total. The zero-order valence-electron chi connectivity index (χ0n) is 20.4. The summed E-state index contributed by atoms with van der Waals surface area (Å²) in [5.41, 5.74) is 13.4. The molecule has 1 aromatic carbocycles. The number of primary amides is 1. The van der Waals surface area contributed by atoms with Crippen molar-refractivity contribution in [1.82, 2.24) is 9.69 Å². The number of furan rings is 1. The van der Waals surface area contributed by atoms with Crippen molar-refractivity contribution < 1.29 is 23.5 Å². The van der Waals surface area contributed by atoms with Crippen LogP contribution in [0.3, 0.4) is 0 Å². The second-order valence-corrected chi connectivity index (χ2v) is 9.61. The molecule has 3 aromatic rings. The normalized spacial score (nSPS) is 16.0. The first-order valence-electron chi connectivity index (χ1n) is 11.6. The smallest absolute Gasteiger partial charge is 0.273 e. The second-order valence-electron chi connectivity index (χ2n) is 8.83. The molecule has 1 aliphatic rings. The van der Waals surface area contributed by atoms with Gasteiger partial charge in [-0.1, -0.05) is 17.7 Å². The third-order valence-corrected chi connectivity index (χ3v) is 6.90. The Morgan fingerprint density at radius 2 is 2.00 bits per heavy atom. The van der Waals surface area contributed by atoms with Gasteiger partial charge in [0.05, 0.1) is 11.8 Å². The molecule has 1 fully saturated rings. The molecular weight excluding hydrogens is 482 g/mol. The Kier molecular flexibility index (Phi) is 7.41. The van der Waals surface area contributed by atoms with Gasteiger partial charge >= 0.3 is 0 Å². The van der Waals surface area contributed by atoms with Gasteiger partial charge in [0.2, 0.25) is 0 Å². The van der Waals surface area contributed by atoms with Gasteiger partial charge in [-0.3, -0.25) is 19.3 Å². The average Bonchev–Trinajstić information content (AvgIpc) is 3.57. The number of nitrogens with two attached hydrogens (primary N) is 2. The summed E-state index contributed by atoms with van der Waals surface area (Å²) < 4.78 is 15.5. The zero-order chi connectivity index (χ0) is 26.0. The highest BCUT2D eigenvalue weighted by Gasteiger charge is 2.38.